The second kappa shape index (κ2) is 11.8. The number of carbonyl (C=O) groups excluding carboxylic acids is 4. The highest BCUT2D eigenvalue weighted by molar-refractivity contribution is 6.21. The normalized spacial score (nSPS) is 21.4. The zero-order chi connectivity index (χ0) is 30.1. The molecule has 3 atom stereocenters. The van der Waals surface area contributed by atoms with E-state index in [0.717, 1.165) is 31.2 Å². The molecule has 3 aliphatic rings. The second-order valence-corrected chi connectivity index (χ2v) is 11.3. The van der Waals surface area contributed by atoms with Crippen LogP contribution in [0.1, 0.15) is 51.9 Å². The Labute approximate surface area is 249 Å². The summed E-state index contributed by atoms with van der Waals surface area (Å²) in [6.45, 7) is -0.179. The van der Waals surface area contributed by atoms with Crippen LogP contribution in [0.15, 0.2) is 77.8 Å². The Morgan fingerprint density at radius 2 is 1.65 bits per heavy atom. The number of nitrogens with two attached hydrogens (primary N) is 2. The second-order valence-electron chi connectivity index (χ2n) is 11.3. The minimum Gasteiger partial charge on any atom is -0.368 e. The number of nitrogens with zero attached hydrogens (tertiary/aromatic N) is 3. The van der Waals surface area contributed by atoms with Crippen LogP contribution in [0.25, 0.3) is 0 Å². The molecule has 0 spiro atoms. The number of primary amides is 1. The van der Waals surface area contributed by atoms with Crippen molar-refractivity contribution in [2.24, 2.45) is 16.5 Å². The largest absolute Gasteiger partial charge is 0.368 e. The third-order valence-corrected chi connectivity index (χ3v) is 8.34. The molecule has 5 N–H and O–H groups in total. The van der Waals surface area contributed by atoms with Crippen LogP contribution in [0.2, 0.25) is 0 Å². The topological polar surface area (TPSA) is 151 Å². The maximum atomic E-state index is 13.9. The average Bonchev–Trinajstić information content (AvgIpc) is 3.38. The molecule has 4 amide bonds. The molecule has 1 aliphatic carbocycles. The smallest absolute Gasteiger partial charge is 0.272 e. The zero-order valence-electron chi connectivity index (χ0n) is 23.7. The van der Waals surface area contributed by atoms with Crippen molar-refractivity contribution < 1.29 is 19.2 Å². The number of hydrogen-bond donors (Lipinski definition) is 3. The summed E-state index contributed by atoms with van der Waals surface area (Å²) >= 11 is 0. The van der Waals surface area contributed by atoms with Crippen LogP contribution in [0.3, 0.4) is 0 Å². The zero-order valence-corrected chi connectivity index (χ0v) is 23.7. The molecule has 0 bridgehead atoms. The van der Waals surface area contributed by atoms with E-state index >= 15 is 0 Å². The highest BCUT2D eigenvalue weighted by atomic mass is 16.2. The lowest BCUT2D eigenvalue weighted by Gasteiger charge is -2.27. The molecular weight excluding hydrogens is 544 g/mol. The minimum absolute atomic E-state index is 0.213. The molecule has 2 heterocycles. The molecule has 3 aromatic carbocycles. The molecule has 10 heteroatoms. The van der Waals surface area contributed by atoms with Crippen molar-refractivity contribution in [3.8, 4) is 0 Å². The highest BCUT2D eigenvalue weighted by Gasteiger charge is 2.41. The Kier molecular flexibility index (Phi) is 7.77. The lowest BCUT2D eigenvalue weighted by molar-refractivity contribution is -0.130. The van der Waals surface area contributed by atoms with E-state index in [1.807, 2.05) is 60.7 Å². The van der Waals surface area contributed by atoms with Crippen LogP contribution in [-0.4, -0.2) is 65.6 Å². The molecule has 6 rings (SSSR count). The Bertz CT molecular complexity index is 1620. The number of benzodiazepines with no additional fused rings is 1. The molecule has 1 fully saturated rings. The average molecular weight is 579 g/mol. The summed E-state index contributed by atoms with van der Waals surface area (Å²) in [5.74, 6) is -2.14. The molecule has 10 nitrogen and oxygen atoms in total. The van der Waals surface area contributed by atoms with Crippen molar-refractivity contribution in [3.63, 3.8) is 0 Å². The van der Waals surface area contributed by atoms with Crippen LogP contribution in [0.5, 0.6) is 0 Å². The lowest BCUT2D eigenvalue weighted by Crippen LogP contribution is -2.54. The van der Waals surface area contributed by atoms with Crippen molar-refractivity contribution in [3.05, 3.63) is 101 Å². The maximum Gasteiger partial charge on any atom is 0.272 e. The first-order chi connectivity index (χ1) is 20.8. The molecule has 3 unspecified atom stereocenters. The van der Waals surface area contributed by atoms with Gasteiger partial charge in [0, 0.05) is 29.3 Å². The molecule has 43 heavy (non-hydrogen) atoms. The molecule has 0 radical (unpaired) electrons. The molecule has 3 aromatic rings. The van der Waals surface area contributed by atoms with E-state index in [1.165, 1.54) is 20.9 Å². The fourth-order valence-electron chi connectivity index (χ4n) is 6.27. The number of benzene rings is 3. The van der Waals surface area contributed by atoms with Crippen LogP contribution in [0, 0.1) is 0 Å². The van der Waals surface area contributed by atoms with E-state index < -0.39 is 42.5 Å². The molecule has 0 saturated carbocycles. The molecule has 220 valence electrons. The van der Waals surface area contributed by atoms with Gasteiger partial charge in [-0.05, 0) is 61.4 Å². The number of nitrogens with one attached hydrogen (secondary N) is 1. The van der Waals surface area contributed by atoms with E-state index in [9.17, 15) is 19.2 Å². The Balaban J connectivity index is 1.32. The molecule has 2 aliphatic heterocycles. The molecule has 1 saturated heterocycles. The first kappa shape index (κ1) is 28.3. The third-order valence-electron chi connectivity index (χ3n) is 8.34. The van der Waals surface area contributed by atoms with Gasteiger partial charge in [0.15, 0.2) is 0 Å². The number of fused-ring (bicyclic) bond motifs is 2. The van der Waals surface area contributed by atoms with Gasteiger partial charge in [-0.3, -0.25) is 24.1 Å². The van der Waals surface area contributed by atoms with E-state index in [4.69, 9.17) is 16.5 Å². The summed E-state index contributed by atoms with van der Waals surface area (Å²) in [6, 6.07) is 20.8. The number of amides is 4. The van der Waals surface area contributed by atoms with Crippen molar-refractivity contribution >= 4 is 35.0 Å². The van der Waals surface area contributed by atoms with Gasteiger partial charge in [0.25, 0.3) is 11.8 Å². The maximum absolute atomic E-state index is 13.9. The van der Waals surface area contributed by atoms with Gasteiger partial charge in [-0.15, -0.1) is 0 Å². The Morgan fingerprint density at radius 1 is 0.930 bits per heavy atom. The summed E-state index contributed by atoms with van der Waals surface area (Å²) in [5, 5.41) is 2.78. The number of hydrogen-bond acceptors (Lipinski definition) is 6. The third kappa shape index (κ3) is 5.65. The summed E-state index contributed by atoms with van der Waals surface area (Å²) < 4.78 is 0. The van der Waals surface area contributed by atoms with E-state index in [0.29, 0.717) is 22.5 Å². The van der Waals surface area contributed by atoms with Gasteiger partial charge in [0.05, 0.1) is 11.4 Å². The van der Waals surface area contributed by atoms with Crippen LogP contribution < -0.4 is 21.7 Å². The van der Waals surface area contributed by atoms with Crippen LogP contribution >= 0.6 is 0 Å². The number of aliphatic imine (C=N–C) groups is 1. The minimum atomic E-state index is -1.37. The number of para-hydroxylation sites is 1. The van der Waals surface area contributed by atoms with Gasteiger partial charge in [-0.1, -0.05) is 54.6 Å². The van der Waals surface area contributed by atoms with Crippen molar-refractivity contribution in [2.45, 2.75) is 50.4 Å². The fraction of sp³-hybridized carbons (Fsp3) is 0.303. The van der Waals surface area contributed by atoms with Gasteiger partial charge < -0.3 is 21.7 Å². The lowest BCUT2D eigenvalue weighted by atomic mass is 9.90. The Morgan fingerprint density at radius 3 is 2.42 bits per heavy atom. The predicted molar refractivity (Wildman–Crippen MR) is 163 cm³/mol. The van der Waals surface area contributed by atoms with Crippen LogP contribution in [-0.2, 0) is 27.2 Å². The number of anilines is 1. The quantitative estimate of drug-likeness (QED) is 0.408. The van der Waals surface area contributed by atoms with Crippen molar-refractivity contribution in [1.82, 2.24) is 10.2 Å². The molecule has 0 aromatic heterocycles. The number of likely N-dealkylation sites (tertiary alicyclic amines) is 1. The van der Waals surface area contributed by atoms with Gasteiger partial charge in [-0.25, -0.2) is 4.99 Å². The predicted octanol–water partition coefficient (Wildman–Crippen LogP) is 1.92. The SMILES string of the molecule is NC(=O)CN1C(=O)C(NC(=O)C2CC(N)CN2C(=O)c2ccc3c(c2)CCCC3)N=C(c2ccccc2)c2ccccc21. The van der Waals surface area contributed by atoms with Crippen molar-refractivity contribution in [2.75, 3.05) is 18.0 Å². The summed E-state index contributed by atoms with van der Waals surface area (Å²) in [5.41, 5.74) is 17.0. The number of aryl methyl sites for hydroxylation is 2. The van der Waals surface area contributed by atoms with Gasteiger partial charge in [0.2, 0.25) is 18.0 Å². The highest BCUT2D eigenvalue weighted by Crippen LogP contribution is 2.29. The number of rotatable bonds is 6. The van der Waals surface area contributed by atoms with E-state index in [-0.39, 0.29) is 18.9 Å². The first-order valence-electron chi connectivity index (χ1n) is 14.6. The van der Waals surface area contributed by atoms with E-state index in [1.54, 1.807) is 12.1 Å². The van der Waals surface area contributed by atoms with Crippen molar-refractivity contribution in [1.29, 1.82) is 0 Å². The summed E-state index contributed by atoms with van der Waals surface area (Å²) in [7, 11) is 0. The van der Waals surface area contributed by atoms with Gasteiger partial charge >= 0.3 is 0 Å². The van der Waals surface area contributed by atoms with Gasteiger partial charge in [0.1, 0.15) is 12.6 Å². The fourth-order valence-corrected chi connectivity index (χ4v) is 6.27. The summed E-state index contributed by atoms with van der Waals surface area (Å²) in [4.78, 5) is 61.0. The van der Waals surface area contributed by atoms with Gasteiger partial charge in [-0.2, -0.15) is 0 Å². The summed E-state index contributed by atoms with van der Waals surface area (Å²) in [6.07, 6.45) is 3.02. The van der Waals surface area contributed by atoms with E-state index in [2.05, 4.69) is 5.32 Å². The first-order valence-corrected chi connectivity index (χ1v) is 14.6. The Hall–Kier alpha value is -4.83. The monoisotopic (exact) mass is 578 g/mol. The standard InChI is InChI=1S/C33H34N6O4/c34-24-17-27(38(18-24)32(42)23-15-14-20-8-4-5-11-22(20)16-23)31(41)37-30-33(43)39(19-28(35)40)26-13-7-6-12-25(26)29(36-30)21-9-2-1-3-10-21/h1-3,6-7,9-10,12-16,24,27,30H,4-5,8,11,17-19,34H2,(H2,35,40)(H,37,41). The number of carbonyl (C=O) groups is 4. The van der Waals surface area contributed by atoms with Crippen LogP contribution in [0.4, 0.5) is 5.69 Å². The molecular formula is C33H34N6O4.